The lowest BCUT2D eigenvalue weighted by Gasteiger charge is -2.39. The lowest BCUT2D eigenvalue weighted by molar-refractivity contribution is -0.219. The quantitative estimate of drug-likeness (QED) is 0.592. The summed E-state index contributed by atoms with van der Waals surface area (Å²) in [7, 11) is 0. The Hall–Kier alpha value is -1.14. The minimum Gasteiger partial charge on any atom is -0.479 e. The molecule has 94 valence electrons. The van der Waals surface area contributed by atoms with Crippen LogP contribution in [-0.2, 0) is 14.3 Å². The van der Waals surface area contributed by atoms with E-state index in [1.165, 1.54) is 13.8 Å². The zero-order valence-electron chi connectivity index (χ0n) is 9.69. The molecule has 0 aliphatic heterocycles. The van der Waals surface area contributed by atoms with E-state index in [2.05, 4.69) is 0 Å². The van der Waals surface area contributed by atoms with E-state index in [0.717, 1.165) is 0 Å². The molecule has 2 atom stereocenters. The van der Waals surface area contributed by atoms with Crippen LogP contribution in [0.3, 0.4) is 0 Å². The second kappa shape index (κ2) is 5.27. The van der Waals surface area contributed by atoms with Crippen molar-refractivity contribution in [2.24, 2.45) is 0 Å². The number of hydrogen-bond donors (Lipinski definition) is 3. The van der Waals surface area contributed by atoms with Gasteiger partial charge in [-0.2, -0.15) is 0 Å². The number of carboxylic acid groups (broad SMARTS) is 2. The second-order valence-corrected chi connectivity index (χ2v) is 3.44. The van der Waals surface area contributed by atoms with E-state index in [9.17, 15) is 14.7 Å². The molecule has 0 radical (unpaired) electrons. The number of ether oxygens (including phenoxy) is 1. The van der Waals surface area contributed by atoms with Crippen LogP contribution >= 0.6 is 0 Å². The number of carbonyl (C=O) groups is 2. The normalized spacial score (nSPS) is 18.5. The van der Waals surface area contributed by atoms with Crippen LogP contribution in [0.15, 0.2) is 0 Å². The van der Waals surface area contributed by atoms with Gasteiger partial charge in [0.1, 0.15) is 0 Å². The highest BCUT2D eigenvalue weighted by molar-refractivity contribution is 5.90. The van der Waals surface area contributed by atoms with Crippen LogP contribution in [0, 0.1) is 0 Å². The molecular formula is C10H18O6. The summed E-state index contributed by atoms with van der Waals surface area (Å²) in [5, 5.41) is 28.1. The van der Waals surface area contributed by atoms with Gasteiger partial charge in [0.25, 0.3) is 0 Å². The van der Waals surface area contributed by atoms with Crippen LogP contribution in [0.25, 0.3) is 0 Å². The van der Waals surface area contributed by atoms with Crippen molar-refractivity contribution >= 4 is 11.9 Å². The minimum absolute atomic E-state index is 0.00965. The molecule has 3 N–H and O–H groups in total. The predicted molar refractivity (Wildman–Crippen MR) is 55.2 cm³/mol. The lowest BCUT2D eigenvalue weighted by atomic mass is 9.78. The highest BCUT2D eigenvalue weighted by Gasteiger charge is 2.60. The summed E-state index contributed by atoms with van der Waals surface area (Å²) in [5.74, 6) is -3.06. The van der Waals surface area contributed by atoms with Crippen molar-refractivity contribution < 1.29 is 29.6 Å². The molecule has 0 aromatic heterocycles. The Labute approximate surface area is 93.8 Å². The van der Waals surface area contributed by atoms with Crippen LogP contribution in [0.5, 0.6) is 0 Å². The van der Waals surface area contributed by atoms with Crippen molar-refractivity contribution in [2.75, 3.05) is 6.61 Å². The molecule has 0 aromatic rings. The maximum Gasteiger partial charge on any atom is 0.339 e. The summed E-state index contributed by atoms with van der Waals surface area (Å²) in [6, 6.07) is 0. The molecule has 0 spiro atoms. The summed E-state index contributed by atoms with van der Waals surface area (Å²) in [5.41, 5.74) is -4.54. The van der Waals surface area contributed by atoms with Crippen molar-refractivity contribution in [1.29, 1.82) is 0 Å². The number of aliphatic hydroxyl groups is 1. The van der Waals surface area contributed by atoms with Gasteiger partial charge in [-0.1, -0.05) is 13.8 Å². The fourth-order valence-corrected chi connectivity index (χ4v) is 1.76. The molecule has 0 aliphatic rings. The summed E-state index contributed by atoms with van der Waals surface area (Å²) < 4.78 is 5.03. The van der Waals surface area contributed by atoms with Gasteiger partial charge >= 0.3 is 11.9 Å². The maximum absolute atomic E-state index is 11.2. The summed E-state index contributed by atoms with van der Waals surface area (Å²) in [4.78, 5) is 22.2. The first-order chi connectivity index (χ1) is 7.32. The molecule has 0 saturated carbocycles. The summed E-state index contributed by atoms with van der Waals surface area (Å²) in [6.07, 6.45) is -0.380. The van der Waals surface area contributed by atoms with E-state index in [1.54, 1.807) is 6.92 Å². The van der Waals surface area contributed by atoms with Gasteiger partial charge < -0.3 is 20.1 Å². The number of aliphatic carboxylic acids is 2. The molecule has 0 aromatic carbocycles. The first-order valence-corrected chi connectivity index (χ1v) is 5.15. The number of rotatable bonds is 7. The Kier molecular flexibility index (Phi) is 4.89. The van der Waals surface area contributed by atoms with Crippen LogP contribution in [0.2, 0.25) is 0 Å². The van der Waals surface area contributed by atoms with E-state index >= 15 is 0 Å². The van der Waals surface area contributed by atoms with Gasteiger partial charge in [0.15, 0.2) is 0 Å². The maximum atomic E-state index is 11.2. The van der Waals surface area contributed by atoms with E-state index in [4.69, 9.17) is 14.9 Å². The van der Waals surface area contributed by atoms with E-state index in [0.29, 0.717) is 0 Å². The second-order valence-electron chi connectivity index (χ2n) is 3.44. The Balaban J connectivity index is 5.61. The van der Waals surface area contributed by atoms with E-state index in [1.807, 2.05) is 0 Å². The first-order valence-electron chi connectivity index (χ1n) is 5.15. The smallest absolute Gasteiger partial charge is 0.339 e. The van der Waals surface area contributed by atoms with Crippen molar-refractivity contribution in [3.8, 4) is 0 Å². The van der Waals surface area contributed by atoms with Gasteiger partial charge in [-0.05, 0) is 19.8 Å². The third kappa shape index (κ3) is 2.03. The Morgan fingerprint density at radius 2 is 1.56 bits per heavy atom. The predicted octanol–water partition coefficient (Wildman–Crippen LogP) is 0.482. The van der Waals surface area contributed by atoms with Crippen molar-refractivity contribution in [3.63, 3.8) is 0 Å². The molecule has 0 rings (SSSR count). The largest absolute Gasteiger partial charge is 0.479 e. The average Bonchev–Trinajstić information content (AvgIpc) is 2.23. The third-order valence-corrected chi connectivity index (χ3v) is 2.77. The van der Waals surface area contributed by atoms with Crippen molar-refractivity contribution in [2.45, 2.75) is 44.8 Å². The standard InChI is InChI=1S/C10H18O6/c1-4-9(15,7(11)12)10(5-2,8(13)14)16-6-3/h15H,4-6H2,1-3H3,(H,11,12)(H,13,14). The molecule has 0 heterocycles. The molecule has 2 unspecified atom stereocenters. The van der Waals surface area contributed by atoms with E-state index in [-0.39, 0.29) is 19.4 Å². The van der Waals surface area contributed by atoms with Gasteiger partial charge in [-0.3, -0.25) is 0 Å². The zero-order chi connectivity index (χ0) is 13.0. The van der Waals surface area contributed by atoms with Crippen LogP contribution < -0.4 is 0 Å². The molecule has 0 bridgehead atoms. The average molecular weight is 234 g/mol. The Morgan fingerprint density at radius 1 is 1.06 bits per heavy atom. The molecule has 0 fully saturated rings. The highest BCUT2D eigenvalue weighted by Crippen LogP contribution is 2.33. The topological polar surface area (TPSA) is 104 Å². The SMILES string of the molecule is CCOC(CC)(C(=O)O)C(O)(CC)C(=O)O. The molecule has 16 heavy (non-hydrogen) atoms. The molecule has 0 aliphatic carbocycles. The lowest BCUT2D eigenvalue weighted by Crippen LogP contribution is -2.64. The summed E-state index contributed by atoms with van der Waals surface area (Å²) >= 11 is 0. The van der Waals surface area contributed by atoms with Crippen molar-refractivity contribution in [1.82, 2.24) is 0 Å². The monoisotopic (exact) mass is 234 g/mol. The molecule has 0 amide bonds. The van der Waals surface area contributed by atoms with Gasteiger partial charge in [0, 0.05) is 6.61 Å². The van der Waals surface area contributed by atoms with Gasteiger partial charge in [-0.15, -0.1) is 0 Å². The number of carboxylic acids is 2. The molecule has 0 saturated heterocycles. The van der Waals surface area contributed by atoms with Gasteiger partial charge in [-0.25, -0.2) is 9.59 Å². The number of hydrogen-bond acceptors (Lipinski definition) is 4. The third-order valence-electron chi connectivity index (χ3n) is 2.77. The minimum atomic E-state index is -2.43. The van der Waals surface area contributed by atoms with E-state index < -0.39 is 23.1 Å². The fourth-order valence-electron chi connectivity index (χ4n) is 1.76. The zero-order valence-corrected chi connectivity index (χ0v) is 9.69. The molecule has 6 heteroatoms. The van der Waals surface area contributed by atoms with Gasteiger partial charge in [0.05, 0.1) is 0 Å². The fraction of sp³-hybridized carbons (Fsp3) is 0.800. The first kappa shape index (κ1) is 14.9. The van der Waals surface area contributed by atoms with Gasteiger partial charge in [0.2, 0.25) is 11.2 Å². The Morgan fingerprint density at radius 3 is 1.75 bits per heavy atom. The molecule has 6 nitrogen and oxygen atoms in total. The molecular weight excluding hydrogens is 216 g/mol. The highest BCUT2D eigenvalue weighted by atomic mass is 16.5. The van der Waals surface area contributed by atoms with Crippen LogP contribution in [0.4, 0.5) is 0 Å². The Bertz CT molecular complexity index is 276. The summed E-state index contributed by atoms with van der Waals surface area (Å²) in [6.45, 7) is 4.43. The van der Waals surface area contributed by atoms with Crippen LogP contribution in [-0.4, -0.2) is 45.1 Å². The van der Waals surface area contributed by atoms with Crippen LogP contribution in [0.1, 0.15) is 33.6 Å². The van der Waals surface area contributed by atoms with Crippen molar-refractivity contribution in [3.05, 3.63) is 0 Å².